The predicted molar refractivity (Wildman–Crippen MR) is 136 cm³/mol. The van der Waals surface area contributed by atoms with Crippen molar-refractivity contribution in [3.8, 4) is 34.0 Å². The molecule has 0 saturated carbocycles. The smallest absolute Gasteiger partial charge is 0.336 e. The number of hydrogen-bond donors (Lipinski definition) is 2. The molecule has 0 unspecified atom stereocenters. The van der Waals surface area contributed by atoms with Gasteiger partial charge in [0, 0.05) is 12.6 Å². The molecule has 0 fully saturated rings. The second-order valence-corrected chi connectivity index (χ2v) is 7.37. The van der Waals surface area contributed by atoms with Crippen LogP contribution in [0.1, 0.15) is 21.5 Å². The Balaban J connectivity index is 0.00000204. The molecule has 0 bridgehead atoms. The van der Waals surface area contributed by atoms with Crippen molar-refractivity contribution >= 4 is 30.8 Å². The van der Waals surface area contributed by atoms with Gasteiger partial charge < -0.3 is 15.6 Å². The minimum atomic E-state index is -1.23. The van der Waals surface area contributed by atoms with Gasteiger partial charge in [-0.05, 0) is 65.6 Å². The fourth-order valence-corrected chi connectivity index (χ4v) is 3.55. The summed E-state index contributed by atoms with van der Waals surface area (Å²) in [6, 6.07) is 22.5. The summed E-state index contributed by atoms with van der Waals surface area (Å²) in [6.45, 7) is 2.42. The molecule has 0 amide bonds. The maximum absolute atomic E-state index is 14.5. The van der Waals surface area contributed by atoms with Gasteiger partial charge in [0.2, 0.25) is 5.88 Å². The van der Waals surface area contributed by atoms with Gasteiger partial charge >= 0.3 is 5.97 Å². The standard InChI is InChI=1S/C26H21FN2O3.2ClH/c1-16-11-19(18-6-2-5-17(13-18)15-28)14-20(12-16)32-24-10-4-9-23(29-24)25-21(26(30)31)7-3-8-22(25)27;;/h2-14H,15,28H2,1H3,(H,30,31);2*1H. The molecule has 0 aliphatic heterocycles. The van der Waals surface area contributed by atoms with E-state index in [1.807, 2.05) is 49.4 Å². The number of aromatic carboxylic acids is 1. The van der Waals surface area contributed by atoms with Crippen LogP contribution in [0.3, 0.4) is 0 Å². The van der Waals surface area contributed by atoms with Crippen LogP contribution in [0.25, 0.3) is 22.4 Å². The average molecular weight is 501 g/mol. The molecule has 0 aliphatic rings. The molecule has 3 aromatic carbocycles. The summed E-state index contributed by atoms with van der Waals surface area (Å²) >= 11 is 0. The van der Waals surface area contributed by atoms with Crippen molar-refractivity contribution in [1.29, 1.82) is 0 Å². The van der Waals surface area contributed by atoms with Crippen LogP contribution in [0.15, 0.2) is 78.9 Å². The average Bonchev–Trinajstić information content (AvgIpc) is 2.78. The van der Waals surface area contributed by atoms with Crippen molar-refractivity contribution in [1.82, 2.24) is 4.98 Å². The van der Waals surface area contributed by atoms with E-state index in [0.717, 1.165) is 22.3 Å². The van der Waals surface area contributed by atoms with Gasteiger partial charge in [-0.2, -0.15) is 0 Å². The molecule has 4 aromatic rings. The number of aromatic nitrogens is 1. The zero-order valence-corrected chi connectivity index (χ0v) is 19.8. The summed E-state index contributed by atoms with van der Waals surface area (Å²) in [5.74, 6) is -1.09. The Kier molecular flexibility index (Phi) is 9.15. The highest BCUT2D eigenvalue weighted by molar-refractivity contribution is 5.95. The Bertz CT molecular complexity index is 1310. The maximum Gasteiger partial charge on any atom is 0.336 e. The summed E-state index contributed by atoms with van der Waals surface area (Å²) in [5.41, 5.74) is 9.71. The predicted octanol–water partition coefficient (Wildman–Crippen LogP) is 6.66. The molecule has 0 saturated heterocycles. The van der Waals surface area contributed by atoms with Crippen LogP contribution in [-0.2, 0) is 6.54 Å². The van der Waals surface area contributed by atoms with Gasteiger partial charge in [-0.25, -0.2) is 14.2 Å². The topological polar surface area (TPSA) is 85.4 Å². The van der Waals surface area contributed by atoms with E-state index in [-0.39, 0.29) is 47.5 Å². The van der Waals surface area contributed by atoms with Gasteiger partial charge in [-0.15, -0.1) is 24.8 Å². The van der Waals surface area contributed by atoms with E-state index in [0.29, 0.717) is 12.3 Å². The Labute approximate surface area is 209 Å². The zero-order valence-electron chi connectivity index (χ0n) is 18.2. The second kappa shape index (κ2) is 11.6. The van der Waals surface area contributed by atoms with Crippen molar-refractivity contribution in [2.45, 2.75) is 13.5 Å². The van der Waals surface area contributed by atoms with Crippen molar-refractivity contribution < 1.29 is 19.0 Å². The molecule has 0 aliphatic carbocycles. The molecule has 1 heterocycles. The quantitative estimate of drug-likeness (QED) is 0.309. The summed E-state index contributed by atoms with van der Waals surface area (Å²) in [4.78, 5) is 15.9. The largest absolute Gasteiger partial charge is 0.478 e. The number of carboxylic acid groups (broad SMARTS) is 1. The first-order chi connectivity index (χ1) is 15.4. The van der Waals surface area contributed by atoms with Crippen molar-refractivity contribution in [3.63, 3.8) is 0 Å². The van der Waals surface area contributed by atoms with E-state index in [1.54, 1.807) is 18.2 Å². The number of carboxylic acids is 1. The molecule has 3 N–H and O–H groups in total. The van der Waals surface area contributed by atoms with Crippen LogP contribution in [0.4, 0.5) is 4.39 Å². The summed E-state index contributed by atoms with van der Waals surface area (Å²) in [6.07, 6.45) is 0. The molecule has 5 nitrogen and oxygen atoms in total. The molecular weight excluding hydrogens is 478 g/mol. The van der Waals surface area contributed by atoms with Crippen LogP contribution >= 0.6 is 24.8 Å². The number of pyridine rings is 1. The molecule has 176 valence electrons. The maximum atomic E-state index is 14.5. The second-order valence-electron chi connectivity index (χ2n) is 7.37. The number of nitrogens with two attached hydrogens (primary N) is 1. The molecule has 0 radical (unpaired) electrons. The highest BCUT2D eigenvalue weighted by Crippen LogP contribution is 2.31. The van der Waals surface area contributed by atoms with Crippen molar-refractivity contribution in [2.75, 3.05) is 0 Å². The normalized spacial score (nSPS) is 10.1. The zero-order chi connectivity index (χ0) is 22.7. The number of ether oxygens (including phenoxy) is 1. The van der Waals surface area contributed by atoms with E-state index in [2.05, 4.69) is 4.98 Å². The van der Waals surface area contributed by atoms with E-state index in [4.69, 9.17) is 10.5 Å². The Morgan fingerprint density at radius 3 is 2.44 bits per heavy atom. The molecule has 0 spiro atoms. The molecule has 0 atom stereocenters. The highest BCUT2D eigenvalue weighted by Gasteiger charge is 2.17. The van der Waals surface area contributed by atoms with Crippen LogP contribution in [0.2, 0.25) is 0 Å². The van der Waals surface area contributed by atoms with Gasteiger partial charge in [0.05, 0.1) is 16.8 Å². The number of carbonyl (C=O) groups is 1. The summed E-state index contributed by atoms with van der Waals surface area (Å²) in [7, 11) is 0. The van der Waals surface area contributed by atoms with Crippen molar-refractivity contribution in [2.24, 2.45) is 5.73 Å². The van der Waals surface area contributed by atoms with Crippen LogP contribution in [-0.4, -0.2) is 16.1 Å². The van der Waals surface area contributed by atoms with Crippen LogP contribution < -0.4 is 10.5 Å². The van der Waals surface area contributed by atoms with Gasteiger partial charge in [0.25, 0.3) is 0 Å². The fourth-order valence-electron chi connectivity index (χ4n) is 3.55. The third-order valence-electron chi connectivity index (χ3n) is 4.99. The molecule has 8 heteroatoms. The summed E-state index contributed by atoms with van der Waals surface area (Å²) in [5, 5.41) is 9.43. The Morgan fingerprint density at radius 2 is 1.71 bits per heavy atom. The lowest BCUT2D eigenvalue weighted by Crippen LogP contribution is -2.03. The number of benzene rings is 3. The van der Waals surface area contributed by atoms with Gasteiger partial charge in [-0.3, -0.25) is 0 Å². The van der Waals surface area contributed by atoms with Crippen LogP contribution in [0, 0.1) is 12.7 Å². The third kappa shape index (κ3) is 5.91. The first-order valence-corrected chi connectivity index (χ1v) is 10.0. The van der Waals surface area contributed by atoms with Crippen molar-refractivity contribution in [3.05, 3.63) is 101 Å². The van der Waals surface area contributed by atoms with E-state index >= 15 is 0 Å². The number of aryl methyl sites for hydroxylation is 1. The lowest BCUT2D eigenvalue weighted by molar-refractivity contribution is 0.0697. The number of hydrogen-bond acceptors (Lipinski definition) is 4. The third-order valence-corrected chi connectivity index (χ3v) is 4.99. The number of halogens is 3. The molecule has 4 rings (SSSR count). The minimum Gasteiger partial charge on any atom is -0.478 e. The van der Waals surface area contributed by atoms with E-state index in [9.17, 15) is 14.3 Å². The van der Waals surface area contributed by atoms with Crippen LogP contribution in [0.5, 0.6) is 11.6 Å². The first kappa shape index (κ1) is 26.8. The Hall–Kier alpha value is -3.45. The highest BCUT2D eigenvalue weighted by atomic mass is 35.5. The fraction of sp³-hybridized carbons (Fsp3) is 0.0769. The number of rotatable bonds is 6. The molecule has 34 heavy (non-hydrogen) atoms. The minimum absolute atomic E-state index is 0. The van der Waals surface area contributed by atoms with E-state index in [1.165, 1.54) is 18.2 Å². The van der Waals surface area contributed by atoms with Gasteiger partial charge in [0.1, 0.15) is 11.6 Å². The molecule has 1 aromatic heterocycles. The first-order valence-electron chi connectivity index (χ1n) is 10.0. The van der Waals surface area contributed by atoms with Gasteiger partial charge in [-0.1, -0.05) is 36.4 Å². The number of nitrogens with zero attached hydrogens (tertiary/aromatic N) is 1. The SMILES string of the molecule is Cc1cc(Oc2cccc(-c3c(F)cccc3C(=O)O)n2)cc(-c2cccc(CN)c2)c1.Cl.Cl. The van der Waals surface area contributed by atoms with Gasteiger partial charge in [0.15, 0.2) is 0 Å². The monoisotopic (exact) mass is 500 g/mol. The lowest BCUT2D eigenvalue weighted by atomic mass is 10.0. The summed E-state index contributed by atoms with van der Waals surface area (Å²) < 4.78 is 20.4. The lowest BCUT2D eigenvalue weighted by Gasteiger charge is -2.12. The molecular formula is C26H23Cl2FN2O3. The van der Waals surface area contributed by atoms with E-state index < -0.39 is 11.8 Å². The Morgan fingerprint density at radius 1 is 0.971 bits per heavy atom.